The second-order valence-corrected chi connectivity index (χ2v) is 26.6. The Labute approximate surface area is 572 Å². The first-order valence-corrected chi connectivity index (χ1v) is 32.9. The van der Waals surface area contributed by atoms with Gasteiger partial charge in [-0.25, -0.2) is 36.7 Å². The lowest BCUT2D eigenvalue weighted by atomic mass is 9.68. The van der Waals surface area contributed by atoms with E-state index in [4.69, 9.17) is 28.4 Å². The van der Waals surface area contributed by atoms with Crippen molar-refractivity contribution in [1.29, 1.82) is 0 Å². The van der Waals surface area contributed by atoms with Gasteiger partial charge >= 0.3 is 35.1 Å². The molecule has 2 atom stereocenters. The van der Waals surface area contributed by atoms with Crippen LogP contribution in [0, 0.1) is 35.1 Å². The second-order valence-electron chi connectivity index (χ2n) is 24.4. The lowest BCUT2D eigenvalue weighted by Gasteiger charge is -2.42. The van der Waals surface area contributed by atoms with E-state index in [1.165, 1.54) is 48.6 Å². The summed E-state index contributed by atoms with van der Waals surface area (Å²) < 4.78 is 96.1. The fourth-order valence-electron chi connectivity index (χ4n) is 13.3. The van der Waals surface area contributed by atoms with Gasteiger partial charge in [0.2, 0.25) is 0 Å². The number of hydrogen-bond donors (Lipinski definition) is 0. The Morgan fingerprint density at radius 2 is 0.650 bits per heavy atom. The maximum absolute atomic E-state index is 15.6. The number of carbonyl (C=O) groups is 8. The lowest BCUT2D eigenvalue weighted by Crippen LogP contribution is -2.58. The fraction of sp³-hybridized carbons (Fsp3) is 0.100. The van der Waals surface area contributed by atoms with Gasteiger partial charge in [0.25, 0.3) is 0 Å². The smallest absolute Gasteiger partial charge is 0.367 e. The van der Waals surface area contributed by atoms with Crippen LogP contribution in [0.1, 0.15) is 83.2 Å². The lowest BCUT2D eigenvalue weighted by molar-refractivity contribution is -0.179. The van der Waals surface area contributed by atoms with Crippen LogP contribution in [0.2, 0.25) is 0 Å². The first-order valence-electron chi connectivity index (χ1n) is 31.3. The molecule has 2 aliphatic heterocycles. The normalized spacial score (nSPS) is 17.1. The molecule has 4 aliphatic carbocycles. The standard InChI is InChI=1S/C80H46F4O14S2/c81-63-29-47-21-53-54(22-48(47)30-64(63)82)70(86)59(69(53)85)33-51-35-67-73(99-51)57-25-46-28-62-58(26-45(46)27-61(57)79(97-67,75(89)93-37-41-13-5-1-6-14-41)76(90)94-38-42-15-7-2-8-16-42)74-68(36-52(100-74)34-60-71(87)55-23-49-31-65(83)66(84)32-50(49)24-56(55)72(60)88)98-80(62,77(91)95-39-43-17-9-3-10-18-43)78(92)96-40-44-19-11-4-12-20-44/h1-36,45-46H,37-40H2. The third kappa shape index (κ3) is 10.6. The van der Waals surface area contributed by atoms with Crippen molar-refractivity contribution in [2.45, 2.75) is 37.6 Å². The van der Waals surface area contributed by atoms with Crippen LogP contribution in [0.4, 0.5) is 17.6 Å². The molecule has 16 rings (SSSR count). The maximum Gasteiger partial charge on any atom is 0.367 e. The van der Waals surface area contributed by atoms with Gasteiger partial charge in [-0.2, -0.15) is 0 Å². The molecular weight excluding hydrogens is 1320 g/mol. The zero-order valence-electron chi connectivity index (χ0n) is 51.8. The highest BCUT2D eigenvalue weighted by molar-refractivity contribution is 7.15. The molecule has 0 fully saturated rings. The van der Waals surface area contributed by atoms with E-state index >= 15 is 19.2 Å². The third-order valence-corrected chi connectivity index (χ3v) is 20.4. The molecule has 2 unspecified atom stereocenters. The van der Waals surface area contributed by atoms with Gasteiger partial charge in [0.15, 0.2) is 46.4 Å². The highest BCUT2D eigenvalue weighted by Gasteiger charge is 2.63. The zero-order valence-corrected chi connectivity index (χ0v) is 53.4. The predicted molar refractivity (Wildman–Crippen MR) is 360 cm³/mol. The largest absolute Gasteiger partial charge is 0.458 e. The molecule has 4 heterocycles. The number of fused-ring (bicyclic) bond motifs is 11. The van der Waals surface area contributed by atoms with Gasteiger partial charge in [0.05, 0.1) is 20.9 Å². The van der Waals surface area contributed by atoms with Gasteiger partial charge in [0, 0.05) is 66.1 Å². The summed E-state index contributed by atoms with van der Waals surface area (Å²) in [4.78, 5) is 121. The number of Topliss-reactive ketones (excluding diaryl/α,β-unsaturated/α-hetero) is 4. The monoisotopic (exact) mass is 1370 g/mol. The van der Waals surface area contributed by atoms with Crippen molar-refractivity contribution in [2.24, 2.45) is 11.8 Å². The Hall–Kier alpha value is -12.0. The molecule has 490 valence electrons. The van der Waals surface area contributed by atoms with Crippen molar-refractivity contribution in [3.63, 3.8) is 0 Å². The van der Waals surface area contributed by atoms with Gasteiger partial charge in [-0.1, -0.05) is 146 Å². The van der Waals surface area contributed by atoms with E-state index < -0.39 is 93.3 Å². The van der Waals surface area contributed by atoms with Crippen LogP contribution in [0.25, 0.3) is 44.8 Å². The fourth-order valence-corrected chi connectivity index (χ4v) is 15.5. The maximum atomic E-state index is 15.6. The van der Waals surface area contributed by atoms with Crippen LogP contribution in [0.5, 0.6) is 11.5 Å². The zero-order chi connectivity index (χ0) is 68.9. The van der Waals surface area contributed by atoms with Crippen LogP contribution in [-0.2, 0) is 64.6 Å². The van der Waals surface area contributed by atoms with E-state index in [0.29, 0.717) is 22.3 Å². The minimum atomic E-state index is -2.79. The summed E-state index contributed by atoms with van der Waals surface area (Å²) in [6.45, 7) is -1.39. The number of halogens is 4. The first-order chi connectivity index (χ1) is 48.4. The van der Waals surface area contributed by atoms with Crippen molar-refractivity contribution in [3.8, 4) is 11.5 Å². The van der Waals surface area contributed by atoms with Gasteiger partial charge < -0.3 is 28.4 Å². The molecule has 0 saturated carbocycles. The van der Waals surface area contributed by atoms with Crippen molar-refractivity contribution < 1.29 is 84.3 Å². The number of benzene rings is 8. The number of ether oxygens (including phenoxy) is 6. The Morgan fingerprint density at radius 3 is 0.920 bits per heavy atom. The quantitative estimate of drug-likeness (QED) is 0.0249. The highest BCUT2D eigenvalue weighted by Crippen LogP contribution is 2.58. The summed E-state index contributed by atoms with van der Waals surface area (Å²) >= 11 is 2.04. The Morgan fingerprint density at radius 1 is 0.380 bits per heavy atom. The summed E-state index contributed by atoms with van der Waals surface area (Å²) in [7, 11) is 0. The molecule has 0 radical (unpaired) electrons. The van der Waals surface area contributed by atoms with Gasteiger partial charge in [-0.05, 0) is 117 Å². The molecular formula is C80H46F4O14S2. The SMILES string of the molecule is O=C1C(=Cc2cc3c(s2)C2=CC4C=C5C(=CC4C=C2C(C(=O)OCc2ccccc2)(C(=O)OCc2ccccc2)O3)c2sc(C=C3C(=O)c4cc6cc(F)c(F)cc6cc4C3=O)cc2OC5(C(=O)OCc2ccccc2)C(=O)OCc2ccccc2)C(=O)c2cc3cc(F)c(F)cc3cc21. The summed E-state index contributed by atoms with van der Waals surface area (Å²) in [5.41, 5.74) is -3.92. The van der Waals surface area contributed by atoms with E-state index in [1.807, 2.05) is 0 Å². The van der Waals surface area contributed by atoms with Gasteiger partial charge in [0.1, 0.15) is 37.9 Å². The van der Waals surface area contributed by atoms with Gasteiger partial charge in [-0.15, -0.1) is 22.7 Å². The molecule has 0 bridgehead atoms. The van der Waals surface area contributed by atoms with Crippen LogP contribution in [0.3, 0.4) is 0 Å². The number of esters is 4. The van der Waals surface area contributed by atoms with E-state index in [0.717, 1.165) is 46.9 Å². The number of allylic oxidation sites excluding steroid dienone is 6. The van der Waals surface area contributed by atoms with Crippen LogP contribution in [-0.4, -0.2) is 58.2 Å². The molecule has 14 nitrogen and oxygen atoms in total. The molecule has 0 saturated heterocycles. The molecule has 8 aromatic carbocycles. The number of ketones is 4. The topological polar surface area (TPSA) is 192 Å². The van der Waals surface area contributed by atoms with Crippen LogP contribution >= 0.6 is 22.7 Å². The summed E-state index contributed by atoms with van der Waals surface area (Å²) in [5.74, 6) is -14.3. The average Bonchev–Trinajstić information content (AvgIpc) is 1.15. The Bertz CT molecular complexity index is 4920. The number of rotatable bonds is 14. The molecule has 2 aromatic heterocycles. The number of hydrogen-bond acceptors (Lipinski definition) is 16. The van der Waals surface area contributed by atoms with Gasteiger partial charge in [-0.3, -0.25) is 19.2 Å². The second kappa shape index (κ2) is 24.5. The molecule has 0 spiro atoms. The van der Waals surface area contributed by atoms with Crippen LogP contribution < -0.4 is 9.47 Å². The average molecular weight is 1370 g/mol. The number of thiophene rings is 2. The van der Waals surface area contributed by atoms with Crippen molar-refractivity contribution in [2.75, 3.05) is 0 Å². The van der Waals surface area contributed by atoms with Crippen molar-refractivity contribution >= 4 is 115 Å². The highest BCUT2D eigenvalue weighted by atomic mass is 32.1. The molecule has 6 aliphatic rings. The Balaban J connectivity index is 0.870. The van der Waals surface area contributed by atoms with E-state index in [1.54, 1.807) is 146 Å². The van der Waals surface area contributed by atoms with E-state index in [9.17, 15) is 36.7 Å². The van der Waals surface area contributed by atoms with E-state index in [2.05, 4.69) is 0 Å². The Kier molecular flexibility index (Phi) is 15.4. The molecule has 100 heavy (non-hydrogen) atoms. The molecule has 0 N–H and O–H groups in total. The number of carbonyl (C=O) groups excluding carboxylic acids is 8. The molecule has 20 heteroatoms. The molecule has 0 amide bonds. The third-order valence-electron chi connectivity index (χ3n) is 18.2. The minimum Gasteiger partial charge on any atom is -0.458 e. The van der Waals surface area contributed by atoms with Crippen molar-refractivity contribution in [1.82, 2.24) is 0 Å². The molecule has 10 aromatic rings. The summed E-state index contributed by atoms with van der Waals surface area (Å²) in [5, 5.41) is 0.712. The minimum absolute atomic E-state index is 0.0468. The first kappa shape index (κ1) is 62.8. The van der Waals surface area contributed by atoms with Crippen LogP contribution in [0.15, 0.2) is 229 Å². The summed E-state index contributed by atoms with van der Waals surface area (Å²) in [6, 6.07) is 46.5. The van der Waals surface area contributed by atoms with E-state index in [-0.39, 0.29) is 135 Å². The predicted octanol–water partition coefficient (Wildman–Crippen LogP) is 15.4. The van der Waals surface area contributed by atoms with Crippen molar-refractivity contribution in [3.05, 3.63) is 316 Å². The summed E-state index contributed by atoms with van der Waals surface area (Å²) in [6.07, 6.45) is 9.30.